The fourth-order valence-electron chi connectivity index (χ4n) is 3.67. The summed E-state index contributed by atoms with van der Waals surface area (Å²) in [6, 6.07) is 11.8. The molecule has 0 unspecified atom stereocenters. The number of nitrogens with two attached hydrogens (primary N) is 1. The summed E-state index contributed by atoms with van der Waals surface area (Å²) in [6.07, 6.45) is 6.80. The van der Waals surface area contributed by atoms with Gasteiger partial charge in [-0.2, -0.15) is 16.4 Å². The minimum Gasteiger partial charge on any atom is -0.364 e. The van der Waals surface area contributed by atoms with E-state index in [2.05, 4.69) is 36.0 Å². The lowest BCUT2D eigenvalue weighted by Gasteiger charge is -2.17. The highest BCUT2D eigenvalue weighted by Gasteiger charge is 2.17. The second-order valence-corrected chi connectivity index (χ2v) is 9.49. The normalized spacial score (nSPS) is 12.5. The van der Waals surface area contributed by atoms with Gasteiger partial charge in [-0.05, 0) is 60.8 Å². The Kier molecular flexibility index (Phi) is 9.34. The van der Waals surface area contributed by atoms with E-state index >= 15 is 0 Å². The lowest BCUT2D eigenvalue weighted by molar-refractivity contribution is -0.117. The van der Waals surface area contributed by atoms with Gasteiger partial charge < -0.3 is 16.0 Å². The molecule has 0 aliphatic heterocycles. The number of likely N-dealkylation sites (N-methyl/N-ethyl adjacent to an activating group) is 1. The first-order valence-electron chi connectivity index (χ1n) is 11.8. The molecule has 2 heterocycles. The lowest BCUT2D eigenvalue weighted by Crippen LogP contribution is -2.26. The number of nitrogens with one attached hydrogen (secondary N) is 1. The van der Waals surface area contributed by atoms with Crippen LogP contribution in [0.1, 0.15) is 43.5 Å². The number of allylic oxidation sites excluding steroid dienone is 2. The summed E-state index contributed by atoms with van der Waals surface area (Å²) < 4.78 is 1.93. The number of carbonyl (C=O) groups excluding carboxylic acids is 2. The summed E-state index contributed by atoms with van der Waals surface area (Å²) in [5, 5.41) is 11.1. The molecule has 0 radical (unpaired) electrons. The maximum absolute atomic E-state index is 12.6. The number of hydrogen-bond donors (Lipinski definition) is 2. The molecule has 37 heavy (non-hydrogen) atoms. The van der Waals surface area contributed by atoms with E-state index < -0.39 is 5.91 Å². The standard InChI is InChI=1S/C28H32N6O2S/c1-19(2)24-12-14-32-34(24)23-10-8-21(9-11-23)17-31-28(36)20(3)7-6-15-33(5)26(27(29)35)25(30-4)22-13-16-37-18-22/h6-16,18-19H,4,17H2,1-3,5H3,(H2,29,35)(H,31,36)/b15-6-,20-7+,26-25-. The topological polar surface area (TPSA) is 106 Å². The highest BCUT2D eigenvalue weighted by molar-refractivity contribution is 7.08. The first kappa shape index (κ1) is 27.3. The van der Waals surface area contributed by atoms with Gasteiger partial charge in [0.1, 0.15) is 5.70 Å². The van der Waals surface area contributed by atoms with Crippen molar-refractivity contribution in [2.75, 3.05) is 7.05 Å². The van der Waals surface area contributed by atoms with Gasteiger partial charge in [-0.15, -0.1) is 0 Å². The second kappa shape index (κ2) is 12.6. The van der Waals surface area contributed by atoms with Crippen molar-refractivity contribution >= 4 is 35.6 Å². The van der Waals surface area contributed by atoms with Crippen LogP contribution >= 0.6 is 11.3 Å². The van der Waals surface area contributed by atoms with Crippen molar-refractivity contribution in [2.45, 2.75) is 33.2 Å². The maximum atomic E-state index is 12.6. The van der Waals surface area contributed by atoms with Crippen molar-refractivity contribution in [3.8, 4) is 5.69 Å². The van der Waals surface area contributed by atoms with Crippen molar-refractivity contribution in [3.05, 3.63) is 99.8 Å². The molecular formula is C28H32N6O2S. The first-order chi connectivity index (χ1) is 17.7. The van der Waals surface area contributed by atoms with E-state index in [1.807, 2.05) is 51.8 Å². The Hall–Kier alpha value is -4.24. The average molecular weight is 517 g/mol. The Bertz CT molecular complexity index is 1330. The molecule has 3 aromatic rings. The molecule has 0 spiro atoms. The minimum atomic E-state index is -0.627. The number of thiophene rings is 1. The van der Waals surface area contributed by atoms with Crippen LogP contribution < -0.4 is 11.1 Å². The number of benzene rings is 1. The highest BCUT2D eigenvalue weighted by atomic mass is 32.1. The molecule has 0 saturated carbocycles. The summed E-state index contributed by atoms with van der Waals surface area (Å²) in [6.45, 7) is 9.96. The van der Waals surface area contributed by atoms with Crippen LogP contribution in [0.25, 0.3) is 11.4 Å². The number of rotatable bonds is 11. The summed E-state index contributed by atoms with van der Waals surface area (Å²) in [5.74, 6) is -0.453. The van der Waals surface area contributed by atoms with E-state index in [4.69, 9.17) is 5.73 Å². The predicted molar refractivity (Wildman–Crippen MR) is 150 cm³/mol. The molecule has 9 heteroatoms. The van der Waals surface area contributed by atoms with Gasteiger partial charge in [-0.25, -0.2) is 4.68 Å². The smallest absolute Gasteiger partial charge is 0.267 e. The number of nitrogens with zero attached hydrogens (tertiary/aromatic N) is 4. The molecule has 0 saturated heterocycles. The number of aliphatic imine (C=N–C) groups is 1. The van der Waals surface area contributed by atoms with Gasteiger partial charge in [-0.1, -0.05) is 32.1 Å². The summed E-state index contributed by atoms with van der Waals surface area (Å²) >= 11 is 1.49. The molecule has 8 nitrogen and oxygen atoms in total. The molecule has 3 rings (SSSR count). The van der Waals surface area contributed by atoms with Crippen LogP contribution in [0.3, 0.4) is 0 Å². The SMILES string of the molecule is C=N/C(=C(/C(N)=O)N(C)/C=C\C=C(/C)C(=O)NCc1ccc(-n2nccc2C(C)C)cc1)c1ccsc1. The number of carbonyl (C=O) groups is 2. The van der Waals surface area contributed by atoms with Crippen LogP contribution in [-0.2, 0) is 16.1 Å². The molecule has 0 aliphatic carbocycles. The van der Waals surface area contributed by atoms with Gasteiger partial charge in [0.25, 0.3) is 5.91 Å². The van der Waals surface area contributed by atoms with Gasteiger partial charge in [0.2, 0.25) is 5.91 Å². The summed E-state index contributed by atoms with van der Waals surface area (Å²) in [7, 11) is 1.69. The van der Waals surface area contributed by atoms with Crippen LogP contribution in [0.5, 0.6) is 0 Å². The molecule has 0 aliphatic rings. The fourth-order valence-corrected chi connectivity index (χ4v) is 4.31. The third kappa shape index (κ3) is 6.92. The van der Waals surface area contributed by atoms with Crippen molar-refractivity contribution in [2.24, 2.45) is 10.7 Å². The molecule has 0 fully saturated rings. The number of hydrogen-bond acceptors (Lipinski definition) is 6. The third-order valence-electron chi connectivity index (χ3n) is 5.67. The Labute approximate surface area is 221 Å². The first-order valence-corrected chi connectivity index (χ1v) is 12.7. The third-order valence-corrected chi connectivity index (χ3v) is 6.36. The zero-order chi connectivity index (χ0) is 26.9. The number of amides is 2. The number of aromatic nitrogens is 2. The van der Waals surface area contributed by atoms with Crippen LogP contribution in [0, 0.1) is 0 Å². The molecule has 1 aromatic carbocycles. The Morgan fingerprint density at radius 3 is 2.57 bits per heavy atom. The monoisotopic (exact) mass is 516 g/mol. The molecule has 2 aromatic heterocycles. The zero-order valence-electron chi connectivity index (χ0n) is 21.5. The van der Waals surface area contributed by atoms with Crippen molar-refractivity contribution in [1.82, 2.24) is 20.0 Å². The zero-order valence-corrected chi connectivity index (χ0v) is 22.3. The molecular weight excluding hydrogens is 484 g/mol. The molecule has 2 amide bonds. The van der Waals surface area contributed by atoms with E-state index in [0.29, 0.717) is 23.7 Å². The Balaban J connectivity index is 1.62. The largest absolute Gasteiger partial charge is 0.364 e. The Morgan fingerprint density at radius 2 is 1.97 bits per heavy atom. The van der Waals surface area contributed by atoms with E-state index in [-0.39, 0.29) is 11.6 Å². The summed E-state index contributed by atoms with van der Waals surface area (Å²) in [4.78, 5) is 30.3. The second-order valence-electron chi connectivity index (χ2n) is 8.71. The minimum absolute atomic E-state index is 0.192. The van der Waals surface area contributed by atoms with E-state index in [9.17, 15) is 9.59 Å². The van der Waals surface area contributed by atoms with Crippen LogP contribution in [0.15, 0.2) is 88.0 Å². The molecule has 192 valence electrons. The van der Waals surface area contributed by atoms with Crippen molar-refractivity contribution < 1.29 is 9.59 Å². The van der Waals surface area contributed by atoms with Crippen LogP contribution in [0.2, 0.25) is 0 Å². The van der Waals surface area contributed by atoms with Gasteiger partial charge in [-0.3, -0.25) is 14.6 Å². The van der Waals surface area contributed by atoms with E-state index in [1.165, 1.54) is 11.3 Å². The quantitative estimate of drug-likeness (QED) is 0.220. The van der Waals surface area contributed by atoms with Crippen LogP contribution in [-0.4, -0.2) is 40.3 Å². The van der Waals surface area contributed by atoms with Crippen molar-refractivity contribution in [3.63, 3.8) is 0 Å². The van der Waals surface area contributed by atoms with E-state index in [0.717, 1.165) is 22.5 Å². The fraction of sp³-hybridized carbons (Fsp3) is 0.214. The van der Waals surface area contributed by atoms with Gasteiger partial charge in [0, 0.05) is 48.2 Å². The van der Waals surface area contributed by atoms with Gasteiger partial charge in [0.15, 0.2) is 0 Å². The highest BCUT2D eigenvalue weighted by Crippen LogP contribution is 2.24. The van der Waals surface area contributed by atoms with Crippen LogP contribution in [0.4, 0.5) is 0 Å². The predicted octanol–water partition coefficient (Wildman–Crippen LogP) is 4.62. The number of primary amides is 1. The molecule has 3 N–H and O–H groups in total. The van der Waals surface area contributed by atoms with Crippen molar-refractivity contribution in [1.29, 1.82) is 0 Å². The molecule has 0 bridgehead atoms. The van der Waals surface area contributed by atoms with Gasteiger partial charge in [0.05, 0.1) is 11.4 Å². The van der Waals surface area contributed by atoms with Gasteiger partial charge >= 0.3 is 0 Å². The lowest BCUT2D eigenvalue weighted by atomic mass is 10.1. The summed E-state index contributed by atoms with van der Waals surface area (Å²) in [5.41, 5.74) is 10.6. The average Bonchev–Trinajstić information content (AvgIpc) is 3.58. The molecule has 0 atom stereocenters. The Morgan fingerprint density at radius 1 is 1.24 bits per heavy atom. The van der Waals surface area contributed by atoms with E-state index in [1.54, 1.807) is 43.4 Å². The maximum Gasteiger partial charge on any atom is 0.267 e.